The molecule has 0 radical (unpaired) electrons. The predicted octanol–water partition coefficient (Wildman–Crippen LogP) is 5.18. The molecule has 2 aromatic carbocycles. The fraction of sp³-hybridized carbons (Fsp3) is 0.0455. The van der Waals surface area contributed by atoms with Crippen LogP contribution in [-0.2, 0) is 4.79 Å². The molecule has 4 rings (SSSR count). The summed E-state index contributed by atoms with van der Waals surface area (Å²) in [7, 11) is 0. The molecule has 2 N–H and O–H groups in total. The van der Waals surface area contributed by atoms with Crippen LogP contribution in [-0.4, -0.2) is 26.3 Å². The van der Waals surface area contributed by atoms with E-state index in [9.17, 15) is 14.7 Å². The Kier molecular flexibility index (Phi) is 5.43. The largest absolute Gasteiger partial charge is 0.478 e. The summed E-state index contributed by atoms with van der Waals surface area (Å²) in [5.74, 6) is -0.236. The van der Waals surface area contributed by atoms with Gasteiger partial charge in [-0.15, -0.1) is 0 Å². The third-order valence-electron chi connectivity index (χ3n) is 4.49. The van der Waals surface area contributed by atoms with Crippen molar-refractivity contribution in [3.05, 3.63) is 82.5 Å². The quantitative estimate of drug-likeness (QED) is 0.421. The molecule has 0 unspecified atom stereocenters. The number of thiocarbonyl (C=S) groups is 1. The number of anilines is 1. The van der Waals surface area contributed by atoms with Crippen molar-refractivity contribution in [3.63, 3.8) is 0 Å². The molecule has 8 heteroatoms. The number of nitrogens with one attached hydrogen (secondary N) is 1. The van der Waals surface area contributed by atoms with Crippen LogP contribution in [0.15, 0.2) is 70.0 Å². The van der Waals surface area contributed by atoms with Crippen molar-refractivity contribution in [2.75, 3.05) is 5.43 Å². The molecule has 2 heterocycles. The Labute approximate surface area is 182 Å². The Morgan fingerprint density at radius 2 is 1.87 bits per heavy atom. The lowest BCUT2D eigenvalue weighted by atomic mass is 10.1. The molecule has 30 heavy (non-hydrogen) atoms. The van der Waals surface area contributed by atoms with Gasteiger partial charge in [0.15, 0.2) is 4.32 Å². The molecule has 1 fully saturated rings. The lowest BCUT2D eigenvalue weighted by Crippen LogP contribution is -2.34. The first-order valence-corrected chi connectivity index (χ1v) is 10.2. The van der Waals surface area contributed by atoms with Gasteiger partial charge in [0.25, 0.3) is 5.91 Å². The average Bonchev–Trinajstić information content (AvgIpc) is 3.29. The number of hydrogen-bond acceptors (Lipinski definition) is 6. The van der Waals surface area contributed by atoms with Crippen LogP contribution in [0.1, 0.15) is 21.7 Å². The maximum absolute atomic E-state index is 12.8. The number of aryl methyl sites for hydroxylation is 1. The molecule has 1 amide bonds. The van der Waals surface area contributed by atoms with Gasteiger partial charge in [0.2, 0.25) is 0 Å². The highest BCUT2D eigenvalue weighted by atomic mass is 32.2. The number of carbonyl (C=O) groups is 2. The van der Waals surface area contributed by atoms with E-state index in [1.807, 2.05) is 37.3 Å². The van der Waals surface area contributed by atoms with Gasteiger partial charge in [-0.2, -0.15) is 0 Å². The lowest BCUT2D eigenvalue weighted by molar-refractivity contribution is -0.121. The molecule has 0 aliphatic carbocycles. The Balaban J connectivity index is 1.57. The Morgan fingerprint density at radius 1 is 1.13 bits per heavy atom. The van der Waals surface area contributed by atoms with Crippen LogP contribution in [0.5, 0.6) is 0 Å². The van der Waals surface area contributed by atoms with Gasteiger partial charge in [-0.1, -0.05) is 48.2 Å². The zero-order chi connectivity index (χ0) is 21.3. The minimum Gasteiger partial charge on any atom is -0.478 e. The molecule has 0 spiro atoms. The van der Waals surface area contributed by atoms with Crippen molar-refractivity contribution >= 4 is 51.9 Å². The van der Waals surface area contributed by atoms with E-state index >= 15 is 0 Å². The number of carbonyl (C=O) groups excluding carboxylic acids is 1. The first-order valence-electron chi connectivity index (χ1n) is 8.97. The normalized spacial score (nSPS) is 15.1. The number of rotatable bonds is 5. The van der Waals surface area contributed by atoms with E-state index in [1.165, 1.54) is 11.1 Å². The summed E-state index contributed by atoms with van der Waals surface area (Å²) in [5.41, 5.74) is 5.21. The maximum Gasteiger partial charge on any atom is 0.337 e. The van der Waals surface area contributed by atoms with Gasteiger partial charge in [-0.3, -0.25) is 10.2 Å². The standard InChI is InChI=1S/C22H16N2O4S2/c1-13-6-2-3-7-15(13)18-11-10-14(28-18)12-19-20(25)24(22(29)30-19)23-17-9-5-4-8-16(17)21(26)27/h2-12,23H,1H3,(H,26,27). The van der Waals surface area contributed by atoms with Crippen molar-refractivity contribution in [2.24, 2.45) is 0 Å². The number of para-hydroxylation sites is 1. The van der Waals surface area contributed by atoms with Gasteiger partial charge >= 0.3 is 5.97 Å². The number of benzene rings is 2. The number of nitrogens with zero attached hydrogens (tertiary/aromatic N) is 1. The fourth-order valence-corrected chi connectivity index (χ4v) is 4.16. The minimum atomic E-state index is -1.10. The van der Waals surface area contributed by atoms with Crippen molar-refractivity contribution in [1.29, 1.82) is 0 Å². The van der Waals surface area contributed by atoms with Gasteiger partial charge in [0.1, 0.15) is 11.5 Å². The molecule has 1 aliphatic rings. The maximum atomic E-state index is 12.8. The zero-order valence-corrected chi connectivity index (χ0v) is 17.4. The summed E-state index contributed by atoms with van der Waals surface area (Å²) in [4.78, 5) is 24.6. The van der Waals surface area contributed by atoms with Crippen LogP contribution in [0.2, 0.25) is 0 Å². The number of carboxylic acid groups (broad SMARTS) is 1. The van der Waals surface area contributed by atoms with Crippen LogP contribution in [0.3, 0.4) is 0 Å². The predicted molar refractivity (Wildman–Crippen MR) is 121 cm³/mol. The van der Waals surface area contributed by atoms with Crippen LogP contribution < -0.4 is 5.43 Å². The van der Waals surface area contributed by atoms with Crippen LogP contribution in [0.25, 0.3) is 17.4 Å². The summed E-state index contributed by atoms with van der Waals surface area (Å²) in [5, 5.41) is 10.5. The van der Waals surface area contributed by atoms with Gasteiger partial charge in [-0.05, 0) is 49.0 Å². The Morgan fingerprint density at radius 3 is 2.63 bits per heavy atom. The molecule has 6 nitrogen and oxygen atoms in total. The van der Waals surface area contributed by atoms with Crippen LogP contribution in [0, 0.1) is 6.92 Å². The highest BCUT2D eigenvalue weighted by Gasteiger charge is 2.33. The second-order valence-electron chi connectivity index (χ2n) is 6.50. The molecular weight excluding hydrogens is 420 g/mol. The fourth-order valence-electron chi connectivity index (χ4n) is 3.01. The number of carboxylic acids is 1. The molecular formula is C22H16N2O4S2. The van der Waals surface area contributed by atoms with E-state index in [-0.39, 0.29) is 21.5 Å². The zero-order valence-electron chi connectivity index (χ0n) is 15.8. The molecule has 0 atom stereocenters. The summed E-state index contributed by atoms with van der Waals surface area (Å²) in [6.45, 7) is 2.00. The highest BCUT2D eigenvalue weighted by molar-refractivity contribution is 8.26. The van der Waals surface area contributed by atoms with Gasteiger partial charge in [-0.25, -0.2) is 9.80 Å². The number of hydrogen-bond donors (Lipinski definition) is 2. The summed E-state index contributed by atoms with van der Waals surface area (Å²) < 4.78 is 6.17. The third kappa shape index (κ3) is 3.87. The van der Waals surface area contributed by atoms with Gasteiger partial charge < -0.3 is 9.52 Å². The smallest absolute Gasteiger partial charge is 0.337 e. The van der Waals surface area contributed by atoms with E-state index in [1.54, 1.807) is 30.3 Å². The van der Waals surface area contributed by atoms with E-state index in [4.69, 9.17) is 16.6 Å². The highest BCUT2D eigenvalue weighted by Crippen LogP contribution is 2.34. The topological polar surface area (TPSA) is 82.8 Å². The van der Waals surface area contributed by atoms with Crippen LogP contribution in [0.4, 0.5) is 5.69 Å². The third-order valence-corrected chi connectivity index (χ3v) is 5.80. The number of hydrazine groups is 1. The van der Waals surface area contributed by atoms with E-state index in [0.717, 1.165) is 22.9 Å². The molecule has 150 valence electrons. The van der Waals surface area contributed by atoms with Gasteiger partial charge in [0, 0.05) is 11.6 Å². The molecule has 0 saturated carbocycles. The summed E-state index contributed by atoms with van der Waals surface area (Å²) >= 11 is 6.42. The van der Waals surface area contributed by atoms with Crippen molar-refractivity contribution in [2.45, 2.75) is 6.92 Å². The molecule has 1 saturated heterocycles. The SMILES string of the molecule is Cc1ccccc1-c1ccc(C=C2SC(=S)N(Nc3ccccc3C(=O)O)C2=O)o1. The summed E-state index contributed by atoms with van der Waals surface area (Å²) in [6, 6.07) is 17.9. The second-order valence-corrected chi connectivity index (χ2v) is 8.17. The molecule has 0 bridgehead atoms. The van der Waals surface area contributed by atoms with Crippen molar-refractivity contribution < 1.29 is 19.1 Å². The average molecular weight is 437 g/mol. The number of furan rings is 1. The monoisotopic (exact) mass is 436 g/mol. The van der Waals surface area contributed by atoms with Gasteiger partial charge in [0.05, 0.1) is 16.2 Å². The molecule has 1 aliphatic heterocycles. The molecule has 3 aromatic rings. The van der Waals surface area contributed by atoms with E-state index < -0.39 is 5.97 Å². The van der Waals surface area contributed by atoms with Crippen molar-refractivity contribution in [3.8, 4) is 11.3 Å². The van der Waals surface area contributed by atoms with Crippen LogP contribution >= 0.6 is 24.0 Å². The second kappa shape index (κ2) is 8.17. The number of thioether (sulfide) groups is 1. The first-order chi connectivity index (χ1) is 14.4. The summed E-state index contributed by atoms with van der Waals surface area (Å²) in [6.07, 6.45) is 1.63. The Hall–Kier alpha value is -3.36. The first kappa shape index (κ1) is 19.9. The molecule has 1 aromatic heterocycles. The van der Waals surface area contributed by atoms with E-state index in [2.05, 4.69) is 5.43 Å². The van der Waals surface area contributed by atoms with Crippen molar-refractivity contribution in [1.82, 2.24) is 5.01 Å². The van der Waals surface area contributed by atoms with E-state index in [0.29, 0.717) is 16.4 Å². The Bertz CT molecular complexity index is 1200. The lowest BCUT2D eigenvalue weighted by Gasteiger charge is -2.18. The number of amides is 1. The minimum absolute atomic E-state index is 0.0458. The number of aromatic carboxylic acids is 1.